The lowest BCUT2D eigenvalue weighted by Gasteiger charge is -2.36. The van der Waals surface area contributed by atoms with Gasteiger partial charge in [-0.15, -0.1) is 0 Å². The molecule has 2 saturated heterocycles. The summed E-state index contributed by atoms with van der Waals surface area (Å²) in [5.74, 6) is 1.39. The molecule has 0 saturated carbocycles. The summed E-state index contributed by atoms with van der Waals surface area (Å²) in [5.41, 5.74) is 2.42. The van der Waals surface area contributed by atoms with Crippen LogP contribution in [0.1, 0.15) is 24.0 Å². The topological polar surface area (TPSA) is 88.6 Å². The van der Waals surface area contributed by atoms with E-state index in [4.69, 9.17) is 14.2 Å². The second-order valence-corrected chi connectivity index (χ2v) is 11.4. The molecule has 1 amide bonds. The molecule has 0 aliphatic carbocycles. The Balaban J connectivity index is 1.29. The molecule has 37 heavy (non-hydrogen) atoms. The summed E-state index contributed by atoms with van der Waals surface area (Å²) in [6.07, 6.45) is 1.48. The molecule has 4 rings (SSSR count). The van der Waals surface area contributed by atoms with Gasteiger partial charge in [-0.3, -0.25) is 4.79 Å². The molecular weight excluding hydrogens is 494 g/mol. The second-order valence-electron chi connectivity index (χ2n) is 9.58. The number of rotatable bonds is 9. The van der Waals surface area contributed by atoms with Crippen LogP contribution < -0.4 is 14.4 Å². The molecular formula is C27H37N3O6S. The van der Waals surface area contributed by atoms with Crippen molar-refractivity contribution in [3.63, 3.8) is 0 Å². The largest absolute Gasteiger partial charge is 0.497 e. The summed E-state index contributed by atoms with van der Waals surface area (Å²) in [5, 5.41) is 0. The first kappa shape index (κ1) is 27.2. The fourth-order valence-electron chi connectivity index (χ4n) is 5.23. The molecule has 2 heterocycles. The maximum Gasteiger partial charge on any atom is 0.248 e. The van der Waals surface area contributed by atoms with E-state index in [0.29, 0.717) is 47.8 Å². The van der Waals surface area contributed by atoms with Crippen LogP contribution in [0.4, 0.5) is 5.69 Å². The fourth-order valence-corrected chi connectivity index (χ4v) is 7.32. The van der Waals surface area contributed by atoms with Crippen LogP contribution in [0.15, 0.2) is 41.3 Å². The van der Waals surface area contributed by atoms with Crippen LogP contribution in [0.3, 0.4) is 0 Å². The molecule has 9 nitrogen and oxygen atoms in total. The molecule has 202 valence electrons. The lowest BCUT2D eigenvalue weighted by molar-refractivity contribution is -0.136. The maximum absolute atomic E-state index is 13.6. The molecule has 1 atom stereocenters. The summed E-state index contributed by atoms with van der Waals surface area (Å²) in [6, 6.07) is 11.1. The summed E-state index contributed by atoms with van der Waals surface area (Å²) in [6.45, 7) is 6.90. The minimum Gasteiger partial charge on any atom is -0.497 e. The number of ether oxygens (including phenoxy) is 3. The summed E-state index contributed by atoms with van der Waals surface area (Å²) >= 11 is 0. The van der Waals surface area contributed by atoms with Gasteiger partial charge in [0.05, 0.1) is 25.7 Å². The van der Waals surface area contributed by atoms with Crippen molar-refractivity contribution >= 4 is 21.6 Å². The number of carbonyl (C=O) groups excluding carboxylic acids is 1. The summed E-state index contributed by atoms with van der Waals surface area (Å²) in [7, 11) is -0.479. The zero-order valence-electron chi connectivity index (χ0n) is 22.1. The van der Waals surface area contributed by atoms with E-state index in [2.05, 4.69) is 4.90 Å². The van der Waals surface area contributed by atoms with Crippen LogP contribution in [0.2, 0.25) is 0 Å². The Morgan fingerprint density at radius 1 is 0.919 bits per heavy atom. The zero-order valence-corrected chi connectivity index (χ0v) is 22.9. The van der Waals surface area contributed by atoms with Crippen molar-refractivity contribution in [2.24, 2.45) is 0 Å². The number of sulfonamides is 1. The van der Waals surface area contributed by atoms with Crippen molar-refractivity contribution in [1.82, 2.24) is 9.21 Å². The molecule has 2 aromatic carbocycles. The minimum atomic E-state index is -3.69. The lowest BCUT2D eigenvalue weighted by atomic mass is 10.1. The average Bonchev–Trinajstić information content (AvgIpc) is 3.38. The molecule has 0 spiro atoms. The number of anilines is 1. The third-order valence-corrected chi connectivity index (χ3v) is 9.42. The van der Waals surface area contributed by atoms with Crippen LogP contribution in [0.25, 0.3) is 0 Å². The lowest BCUT2D eigenvalue weighted by Crippen LogP contribution is -2.50. The third-order valence-electron chi connectivity index (χ3n) is 7.17. The van der Waals surface area contributed by atoms with Crippen LogP contribution >= 0.6 is 0 Å². The van der Waals surface area contributed by atoms with Gasteiger partial charge >= 0.3 is 0 Å². The van der Waals surface area contributed by atoms with Gasteiger partial charge in [-0.1, -0.05) is 0 Å². The van der Waals surface area contributed by atoms with Gasteiger partial charge < -0.3 is 24.0 Å². The number of carbonyl (C=O) groups is 1. The van der Waals surface area contributed by atoms with Gasteiger partial charge in [-0.2, -0.15) is 4.31 Å². The molecule has 0 bridgehead atoms. The van der Waals surface area contributed by atoms with Gasteiger partial charge in [0.1, 0.15) is 18.1 Å². The highest BCUT2D eigenvalue weighted by Gasteiger charge is 2.37. The number of aryl methyl sites for hydroxylation is 2. The van der Waals surface area contributed by atoms with Crippen LogP contribution in [-0.4, -0.2) is 89.7 Å². The Bertz CT molecular complexity index is 1170. The molecule has 0 aromatic heterocycles. The molecule has 10 heteroatoms. The quantitative estimate of drug-likeness (QED) is 0.492. The number of piperazine rings is 1. The number of benzene rings is 2. The number of hydrogen-bond donors (Lipinski definition) is 0. The van der Waals surface area contributed by atoms with Gasteiger partial charge in [0.15, 0.2) is 0 Å². The third kappa shape index (κ3) is 6.02. The van der Waals surface area contributed by atoms with E-state index in [-0.39, 0.29) is 25.2 Å². The highest BCUT2D eigenvalue weighted by molar-refractivity contribution is 7.89. The van der Waals surface area contributed by atoms with Gasteiger partial charge in [0, 0.05) is 44.5 Å². The zero-order chi connectivity index (χ0) is 26.6. The second kappa shape index (κ2) is 11.7. The highest BCUT2D eigenvalue weighted by Crippen LogP contribution is 2.32. The van der Waals surface area contributed by atoms with Gasteiger partial charge in [0.25, 0.3) is 0 Å². The molecule has 2 aliphatic rings. The first-order valence-corrected chi connectivity index (χ1v) is 14.1. The average molecular weight is 532 g/mol. The van der Waals surface area contributed by atoms with Crippen molar-refractivity contribution in [1.29, 1.82) is 0 Å². The van der Waals surface area contributed by atoms with E-state index in [1.165, 1.54) is 4.31 Å². The first-order chi connectivity index (χ1) is 17.7. The Hall–Kier alpha value is -2.82. The molecule has 1 unspecified atom stereocenters. The Morgan fingerprint density at radius 3 is 2.14 bits per heavy atom. The number of amides is 1. The molecule has 2 aromatic rings. The maximum atomic E-state index is 13.6. The van der Waals surface area contributed by atoms with Crippen molar-refractivity contribution < 1.29 is 27.4 Å². The summed E-state index contributed by atoms with van der Waals surface area (Å²) in [4.78, 5) is 17.2. The molecule has 0 N–H and O–H groups in total. The van der Waals surface area contributed by atoms with Crippen LogP contribution in [0.5, 0.6) is 11.5 Å². The van der Waals surface area contributed by atoms with Crippen molar-refractivity contribution in [2.75, 3.05) is 65.1 Å². The predicted octanol–water partition coefficient (Wildman–Crippen LogP) is 2.84. The summed E-state index contributed by atoms with van der Waals surface area (Å²) < 4.78 is 44.9. The number of hydrogen-bond acceptors (Lipinski definition) is 7. The van der Waals surface area contributed by atoms with E-state index in [1.54, 1.807) is 40.2 Å². The van der Waals surface area contributed by atoms with E-state index >= 15 is 0 Å². The van der Waals surface area contributed by atoms with E-state index in [1.807, 2.05) is 29.2 Å². The predicted molar refractivity (Wildman–Crippen MR) is 142 cm³/mol. The van der Waals surface area contributed by atoms with Crippen LogP contribution in [0, 0.1) is 13.8 Å². The van der Waals surface area contributed by atoms with Gasteiger partial charge in [-0.05, 0) is 74.2 Å². The van der Waals surface area contributed by atoms with E-state index < -0.39 is 10.0 Å². The standard InChI is InChI=1S/C27H37N3O6S/c1-20-16-25(35-4)17-21(2)27(20)37(32,33)30-11-5-6-23(30)18-36-19-26(31)29-14-12-28(13-15-29)22-7-9-24(34-3)10-8-22/h7-10,16-17,23H,5-6,11-15,18-19H2,1-4H3. The van der Waals surface area contributed by atoms with Gasteiger partial charge in [0.2, 0.25) is 15.9 Å². The number of nitrogens with zero attached hydrogens (tertiary/aromatic N) is 3. The minimum absolute atomic E-state index is 0.0481. The Morgan fingerprint density at radius 2 is 1.54 bits per heavy atom. The molecule has 2 fully saturated rings. The fraction of sp³-hybridized carbons (Fsp3) is 0.519. The SMILES string of the molecule is COc1ccc(N2CCN(C(=O)COCC3CCCN3S(=O)(=O)c3c(C)cc(OC)cc3C)CC2)cc1. The van der Waals surface area contributed by atoms with Crippen molar-refractivity contribution in [3.8, 4) is 11.5 Å². The van der Waals surface area contributed by atoms with Crippen molar-refractivity contribution in [2.45, 2.75) is 37.6 Å². The van der Waals surface area contributed by atoms with E-state index in [0.717, 1.165) is 30.9 Å². The Kier molecular flexibility index (Phi) is 8.61. The number of methoxy groups -OCH3 is 2. The highest BCUT2D eigenvalue weighted by atomic mass is 32.2. The normalized spacial score (nSPS) is 18.8. The van der Waals surface area contributed by atoms with Gasteiger partial charge in [-0.25, -0.2) is 8.42 Å². The van der Waals surface area contributed by atoms with Crippen molar-refractivity contribution in [3.05, 3.63) is 47.5 Å². The van der Waals surface area contributed by atoms with Crippen LogP contribution in [-0.2, 0) is 19.6 Å². The monoisotopic (exact) mass is 531 g/mol. The molecule has 0 radical (unpaired) electrons. The Labute approximate surface area is 219 Å². The van der Waals surface area contributed by atoms with E-state index in [9.17, 15) is 13.2 Å². The first-order valence-electron chi connectivity index (χ1n) is 12.7. The molecule has 2 aliphatic heterocycles. The smallest absolute Gasteiger partial charge is 0.248 e.